The molecular formula is C9H17NO5S. The number of hydrogen-bond donors (Lipinski definition) is 2. The first kappa shape index (κ1) is 15.0. The first-order chi connectivity index (χ1) is 7.28. The van der Waals surface area contributed by atoms with Gasteiger partial charge in [0.2, 0.25) is 10.0 Å². The number of Topliss-reactive ketones (excluding diaryl/α,β-unsaturated/α-hetero) is 1. The van der Waals surface area contributed by atoms with E-state index in [0.717, 1.165) is 0 Å². The van der Waals surface area contributed by atoms with Crippen LogP contribution in [0.25, 0.3) is 0 Å². The molecule has 0 rings (SSSR count). The van der Waals surface area contributed by atoms with Gasteiger partial charge in [0, 0.05) is 6.42 Å². The van der Waals surface area contributed by atoms with Crippen molar-refractivity contribution in [1.82, 2.24) is 4.72 Å². The average molecular weight is 251 g/mol. The van der Waals surface area contributed by atoms with Gasteiger partial charge in [-0.05, 0) is 13.3 Å². The first-order valence-electron chi connectivity index (χ1n) is 5.00. The zero-order valence-electron chi connectivity index (χ0n) is 9.39. The smallest absolute Gasteiger partial charge is 0.322 e. The number of ketones is 1. The second kappa shape index (κ2) is 6.59. The van der Waals surface area contributed by atoms with Gasteiger partial charge in [0.1, 0.15) is 11.8 Å². The van der Waals surface area contributed by atoms with E-state index in [-0.39, 0.29) is 18.0 Å². The summed E-state index contributed by atoms with van der Waals surface area (Å²) >= 11 is 0. The lowest BCUT2D eigenvalue weighted by atomic mass is 10.2. The summed E-state index contributed by atoms with van der Waals surface area (Å²) in [5.41, 5.74) is 0. The second-order valence-corrected chi connectivity index (χ2v) is 5.46. The molecule has 7 heteroatoms. The van der Waals surface area contributed by atoms with Crippen LogP contribution in [0.2, 0.25) is 0 Å². The van der Waals surface area contributed by atoms with E-state index < -0.39 is 22.0 Å². The maximum Gasteiger partial charge on any atom is 0.322 e. The maximum absolute atomic E-state index is 11.4. The van der Waals surface area contributed by atoms with Gasteiger partial charge >= 0.3 is 5.97 Å². The van der Waals surface area contributed by atoms with Crippen LogP contribution < -0.4 is 4.72 Å². The molecule has 0 saturated heterocycles. The van der Waals surface area contributed by atoms with Gasteiger partial charge in [-0.25, -0.2) is 13.1 Å². The number of unbranched alkanes of at least 4 members (excludes halogenated alkanes) is 1. The molecule has 16 heavy (non-hydrogen) atoms. The molecule has 0 saturated carbocycles. The average Bonchev–Trinajstić information content (AvgIpc) is 2.12. The molecular weight excluding hydrogens is 234 g/mol. The number of nitrogens with one attached hydrogen (secondary N) is 1. The number of sulfonamides is 1. The molecule has 0 fully saturated rings. The fourth-order valence-electron chi connectivity index (χ4n) is 1.08. The summed E-state index contributed by atoms with van der Waals surface area (Å²) in [4.78, 5) is 21.5. The molecule has 0 amide bonds. The largest absolute Gasteiger partial charge is 0.480 e. The lowest BCUT2D eigenvalue weighted by Crippen LogP contribution is -2.42. The Labute approximate surface area is 95.1 Å². The summed E-state index contributed by atoms with van der Waals surface area (Å²) < 4.78 is 24.8. The van der Waals surface area contributed by atoms with Gasteiger partial charge in [-0.1, -0.05) is 13.3 Å². The third-order valence-electron chi connectivity index (χ3n) is 1.88. The molecule has 0 bridgehead atoms. The van der Waals surface area contributed by atoms with Crippen molar-refractivity contribution in [3.63, 3.8) is 0 Å². The minimum atomic E-state index is -3.62. The molecule has 0 aliphatic rings. The summed E-state index contributed by atoms with van der Waals surface area (Å²) in [5, 5.41) is 8.73. The monoisotopic (exact) mass is 251 g/mol. The fourth-order valence-corrected chi connectivity index (χ4v) is 2.48. The standard InChI is InChI=1S/C9H17NO5S/c1-3-4-5-16(14,15)10-8(9(12)13)6-7(2)11/h8,10H,3-6H2,1-2H3,(H,12,13). The Morgan fingerprint density at radius 3 is 2.31 bits per heavy atom. The van der Waals surface area contributed by atoms with Crippen LogP contribution in [0.4, 0.5) is 0 Å². The molecule has 0 aromatic heterocycles. The highest BCUT2D eigenvalue weighted by Gasteiger charge is 2.24. The Bertz CT molecular complexity index is 349. The SMILES string of the molecule is CCCCS(=O)(=O)NC(CC(C)=O)C(=O)O. The molecule has 2 N–H and O–H groups in total. The molecule has 0 radical (unpaired) electrons. The molecule has 0 aliphatic heterocycles. The Morgan fingerprint density at radius 1 is 1.38 bits per heavy atom. The number of rotatable bonds is 8. The van der Waals surface area contributed by atoms with Crippen molar-refractivity contribution in [3.05, 3.63) is 0 Å². The highest BCUT2D eigenvalue weighted by atomic mass is 32.2. The molecule has 1 atom stereocenters. The van der Waals surface area contributed by atoms with Crippen molar-refractivity contribution in [2.45, 2.75) is 39.2 Å². The lowest BCUT2D eigenvalue weighted by Gasteiger charge is -2.12. The molecule has 0 heterocycles. The lowest BCUT2D eigenvalue weighted by molar-refractivity contribution is -0.140. The summed E-state index contributed by atoms with van der Waals surface area (Å²) in [5.74, 6) is -1.83. The van der Waals surface area contributed by atoms with Gasteiger partial charge in [-0.15, -0.1) is 0 Å². The first-order valence-corrected chi connectivity index (χ1v) is 6.66. The van der Waals surface area contributed by atoms with Crippen LogP contribution >= 0.6 is 0 Å². The van der Waals surface area contributed by atoms with Gasteiger partial charge in [0.25, 0.3) is 0 Å². The molecule has 0 aromatic rings. The van der Waals surface area contributed by atoms with Gasteiger partial charge in [0.15, 0.2) is 0 Å². The predicted octanol–water partition coefficient (Wildman–Crippen LogP) is 0.138. The Balaban J connectivity index is 4.50. The normalized spacial score (nSPS) is 13.4. The number of hydrogen-bond acceptors (Lipinski definition) is 4. The second-order valence-electron chi connectivity index (χ2n) is 3.59. The summed E-state index contributed by atoms with van der Waals surface area (Å²) in [6.07, 6.45) is 0.827. The molecule has 6 nitrogen and oxygen atoms in total. The number of aliphatic carboxylic acids is 1. The molecule has 0 spiro atoms. The summed E-state index contributed by atoms with van der Waals surface area (Å²) in [6, 6.07) is -1.36. The van der Waals surface area contributed by atoms with Crippen molar-refractivity contribution in [3.8, 4) is 0 Å². The van der Waals surface area contributed by atoms with E-state index in [1.54, 1.807) is 0 Å². The Morgan fingerprint density at radius 2 is 1.94 bits per heavy atom. The minimum absolute atomic E-state index is 0.120. The maximum atomic E-state index is 11.4. The zero-order chi connectivity index (χ0) is 12.8. The van der Waals surface area contributed by atoms with Crippen molar-refractivity contribution in [1.29, 1.82) is 0 Å². The van der Waals surface area contributed by atoms with Crippen LogP contribution in [0.3, 0.4) is 0 Å². The van der Waals surface area contributed by atoms with Crippen molar-refractivity contribution < 1.29 is 23.1 Å². The van der Waals surface area contributed by atoms with E-state index >= 15 is 0 Å². The van der Waals surface area contributed by atoms with E-state index in [2.05, 4.69) is 0 Å². The quantitative estimate of drug-likeness (QED) is 0.639. The van der Waals surface area contributed by atoms with Crippen LogP contribution in [-0.2, 0) is 19.6 Å². The van der Waals surface area contributed by atoms with Gasteiger partial charge in [0.05, 0.1) is 5.75 Å². The van der Waals surface area contributed by atoms with E-state index in [0.29, 0.717) is 12.8 Å². The minimum Gasteiger partial charge on any atom is -0.480 e. The number of carbonyl (C=O) groups is 2. The number of carbonyl (C=O) groups excluding carboxylic acids is 1. The van der Waals surface area contributed by atoms with Crippen LogP contribution in [0.5, 0.6) is 0 Å². The highest BCUT2D eigenvalue weighted by molar-refractivity contribution is 7.89. The molecule has 1 unspecified atom stereocenters. The van der Waals surface area contributed by atoms with Gasteiger partial charge in [-0.3, -0.25) is 9.59 Å². The summed E-state index contributed by atoms with van der Waals surface area (Å²) in [7, 11) is -3.62. The van der Waals surface area contributed by atoms with Gasteiger partial charge < -0.3 is 5.11 Å². The van der Waals surface area contributed by atoms with Crippen molar-refractivity contribution >= 4 is 21.8 Å². The molecule has 0 aromatic carbocycles. The van der Waals surface area contributed by atoms with Gasteiger partial charge in [-0.2, -0.15) is 0 Å². The highest BCUT2D eigenvalue weighted by Crippen LogP contribution is 2.00. The fraction of sp³-hybridized carbons (Fsp3) is 0.778. The summed E-state index contributed by atoms with van der Waals surface area (Å²) in [6.45, 7) is 3.05. The molecule has 94 valence electrons. The Kier molecular flexibility index (Phi) is 6.20. The topological polar surface area (TPSA) is 101 Å². The predicted molar refractivity (Wildman–Crippen MR) is 58.6 cm³/mol. The van der Waals surface area contributed by atoms with E-state index in [9.17, 15) is 18.0 Å². The number of carboxylic acid groups (broad SMARTS) is 1. The number of carboxylic acids is 1. The third-order valence-corrected chi connectivity index (χ3v) is 3.35. The van der Waals surface area contributed by atoms with Crippen molar-refractivity contribution in [2.75, 3.05) is 5.75 Å². The van der Waals surface area contributed by atoms with Crippen molar-refractivity contribution in [2.24, 2.45) is 0 Å². The van der Waals surface area contributed by atoms with Crippen LogP contribution in [-0.4, -0.2) is 37.1 Å². The molecule has 0 aliphatic carbocycles. The van der Waals surface area contributed by atoms with Crippen LogP contribution in [0.15, 0.2) is 0 Å². The zero-order valence-corrected chi connectivity index (χ0v) is 10.2. The third kappa shape index (κ3) is 6.52. The van der Waals surface area contributed by atoms with E-state index in [1.165, 1.54) is 6.92 Å². The van der Waals surface area contributed by atoms with E-state index in [4.69, 9.17) is 5.11 Å². The van der Waals surface area contributed by atoms with Crippen LogP contribution in [0, 0.1) is 0 Å². The Hall–Kier alpha value is -0.950. The van der Waals surface area contributed by atoms with E-state index in [1.807, 2.05) is 11.6 Å². The van der Waals surface area contributed by atoms with Crippen LogP contribution in [0.1, 0.15) is 33.1 Å².